The van der Waals surface area contributed by atoms with Crippen molar-refractivity contribution in [3.63, 3.8) is 0 Å². The molecule has 4 rings (SSSR count). The first kappa shape index (κ1) is 29.3. The van der Waals surface area contributed by atoms with Crippen LogP contribution in [0.25, 0.3) is 6.08 Å². The Bertz CT molecular complexity index is 1540. The van der Waals surface area contributed by atoms with E-state index < -0.39 is 5.91 Å². The van der Waals surface area contributed by atoms with E-state index in [1.165, 1.54) is 30.0 Å². The lowest BCUT2D eigenvalue weighted by atomic mass is 10.2. The summed E-state index contributed by atoms with van der Waals surface area (Å²) >= 11 is 2.83. The van der Waals surface area contributed by atoms with Crippen LogP contribution < -0.4 is 21.3 Å². The molecule has 0 aliphatic heterocycles. The summed E-state index contributed by atoms with van der Waals surface area (Å²) in [7, 11) is 0. The Morgan fingerprint density at radius 3 is 1.98 bits per heavy atom. The van der Waals surface area contributed by atoms with Gasteiger partial charge in [-0.05, 0) is 85.1 Å². The SMILES string of the molecule is CC(=O)Nc1ccc(NC(=O)C(C)Sc2ccc(NC(=O)/C(=C/c3cccs3)NC(=O)c3ccccc3)cc2)cc1. The molecule has 0 aliphatic rings. The van der Waals surface area contributed by atoms with Crippen molar-refractivity contribution in [2.24, 2.45) is 0 Å². The largest absolute Gasteiger partial charge is 0.326 e. The summed E-state index contributed by atoms with van der Waals surface area (Å²) in [5.41, 5.74) is 2.38. The third-order valence-corrected chi connectivity index (χ3v) is 7.56. The first-order chi connectivity index (χ1) is 19.8. The van der Waals surface area contributed by atoms with Gasteiger partial charge in [0.05, 0.1) is 5.25 Å². The molecule has 8 nitrogen and oxygen atoms in total. The lowest BCUT2D eigenvalue weighted by Gasteiger charge is -2.14. The molecule has 4 aromatic rings. The number of carbonyl (C=O) groups excluding carboxylic acids is 4. The van der Waals surface area contributed by atoms with E-state index in [1.54, 1.807) is 73.7 Å². The van der Waals surface area contributed by atoms with Gasteiger partial charge < -0.3 is 21.3 Å². The maximum absolute atomic E-state index is 13.1. The standard InChI is InChI=1S/C31H28N4O4S2/c1-20(29(37)33-24-12-10-23(11-13-24)32-21(2)36)41-26-16-14-25(15-17-26)34-31(39)28(19-27-9-6-18-40-27)35-30(38)22-7-4-3-5-8-22/h3-20H,1-2H3,(H,32,36)(H,33,37)(H,34,39)(H,35,38)/b28-19-. The first-order valence-electron chi connectivity index (χ1n) is 12.6. The van der Waals surface area contributed by atoms with Crippen molar-refractivity contribution >= 4 is 69.9 Å². The highest BCUT2D eigenvalue weighted by Gasteiger charge is 2.17. The van der Waals surface area contributed by atoms with Gasteiger partial charge in [0.2, 0.25) is 11.8 Å². The van der Waals surface area contributed by atoms with Crippen molar-refractivity contribution in [3.05, 3.63) is 113 Å². The zero-order valence-electron chi connectivity index (χ0n) is 22.3. The monoisotopic (exact) mass is 584 g/mol. The molecule has 4 amide bonds. The Morgan fingerprint density at radius 2 is 1.37 bits per heavy atom. The second kappa shape index (κ2) is 14.1. The van der Waals surface area contributed by atoms with Crippen molar-refractivity contribution in [2.75, 3.05) is 16.0 Å². The van der Waals surface area contributed by atoms with Crippen LogP contribution in [0.5, 0.6) is 0 Å². The minimum absolute atomic E-state index is 0.121. The molecule has 0 bridgehead atoms. The number of rotatable bonds is 10. The molecular formula is C31H28N4O4S2. The topological polar surface area (TPSA) is 116 Å². The van der Waals surface area contributed by atoms with E-state index in [-0.39, 0.29) is 28.7 Å². The highest BCUT2D eigenvalue weighted by Crippen LogP contribution is 2.26. The molecule has 0 aliphatic carbocycles. The average Bonchev–Trinajstić information content (AvgIpc) is 3.48. The van der Waals surface area contributed by atoms with Crippen molar-refractivity contribution in [1.82, 2.24) is 5.32 Å². The number of carbonyl (C=O) groups is 4. The zero-order valence-corrected chi connectivity index (χ0v) is 24.0. The van der Waals surface area contributed by atoms with Crippen LogP contribution >= 0.6 is 23.1 Å². The summed E-state index contributed by atoms with van der Waals surface area (Å²) in [5.74, 6) is -1.17. The highest BCUT2D eigenvalue weighted by molar-refractivity contribution is 8.00. The number of anilines is 3. The molecule has 1 unspecified atom stereocenters. The van der Waals surface area contributed by atoms with Gasteiger partial charge in [0, 0.05) is 39.3 Å². The fourth-order valence-electron chi connectivity index (χ4n) is 3.62. The van der Waals surface area contributed by atoms with Gasteiger partial charge in [-0.3, -0.25) is 19.2 Å². The lowest BCUT2D eigenvalue weighted by Crippen LogP contribution is -2.30. The molecule has 0 saturated heterocycles. The molecule has 0 radical (unpaired) electrons. The number of thiophene rings is 1. The van der Waals surface area contributed by atoms with Crippen LogP contribution in [-0.2, 0) is 14.4 Å². The second-order valence-electron chi connectivity index (χ2n) is 8.88. The molecule has 1 aromatic heterocycles. The quantitative estimate of drug-likeness (QED) is 0.130. The zero-order chi connectivity index (χ0) is 29.2. The van der Waals surface area contributed by atoms with E-state index in [0.29, 0.717) is 22.6 Å². The van der Waals surface area contributed by atoms with Gasteiger partial charge in [-0.1, -0.05) is 24.3 Å². The van der Waals surface area contributed by atoms with E-state index in [4.69, 9.17) is 0 Å². The molecule has 1 heterocycles. The predicted octanol–water partition coefficient (Wildman–Crippen LogP) is 6.24. The fourth-order valence-corrected chi connectivity index (χ4v) is 5.14. The van der Waals surface area contributed by atoms with Crippen LogP contribution in [-0.4, -0.2) is 28.9 Å². The molecular weight excluding hydrogens is 556 g/mol. The highest BCUT2D eigenvalue weighted by atomic mass is 32.2. The summed E-state index contributed by atoms with van der Waals surface area (Å²) in [5, 5.41) is 12.6. The molecule has 10 heteroatoms. The molecule has 3 aromatic carbocycles. The lowest BCUT2D eigenvalue weighted by molar-refractivity contribution is -0.115. The van der Waals surface area contributed by atoms with Gasteiger partial charge in [-0.25, -0.2) is 0 Å². The smallest absolute Gasteiger partial charge is 0.272 e. The summed E-state index contributed by atoms with van der Waals surface area (Å²) in [6, 6.07) is 26.4. The molecule has 4 N–H and O–H groups in total. The molecule has 0 saturated carbocycles. The normalized spacial score (nSPS) is 11.7. The number of benzene rings is 3. The number of nitrogens with one attached hydrogen (secondary N) is 4. The average molecular weight is 585 g/mol. The fraction of sp³-hybridized carbons (Fsp3) is 0.0968. The Balaban J connectivity index is 1.36. The third-order valence-electron chi connectivity index (χ3n) is 5.63. The van der Waals surface area contributed by atoms with Gasteiger partial charge in [-0.2, -0.15) is 0 Å². The molecule has 0 fully saturated rings. The van der Waals surface area contributed by atoms with E-state index in [2.05, 4.69) is 21.3 Å². The number of thioether (sulfide) groups is 1. The summed E-state index contributed by atoms with van der Waals surface area (Å²) in [6.07, 6.45) is 1.64. The Hall–Kier alpha value is -4.67. The van der Waals surface area contributed by atoms with Crippen LogP contribution in [0.1, 0.15) is 29.1 Å². The van der Waals surface area contributed by atoms with Crippen LogP contribution in [0.15, 0.2) is 107 Å². The van der Waals surface area contributed by atoms with E-state index in [9.17, 15) is 19.2 Å². The van der Waals surface area contributed by atoms with Gasteiger partial charge in [0.1, 0.15) is 5.70 Å². The first-order valence-corrected chi connectivity index (χ1v) is 14.4. The molecule has 41 heavy (non-hydrogen) atoms. The van der Waals surface area contributed by atoms with Gasteiger partial charge in [0.15, 0.2) is 0 Å². The van der Waals surface area contributed by atoms with Gasteiger partial charge in [-0.15, -0.1) is 23.1 Å². The predicted molar refractivity (Wildman–Crippen MR) is 166 cm³/mol. The number of hydrogen-bond donors (Lipinski definition) is 4. The Morgan fingerprint density at radius 1 is 0.756 bits per heavy atom. The van der Waals surface area contributed by atoms with Crippen molar-refractivity contribution < 1.29 is 19.2 Å². The second-order valence-corrected chi connectivity index (χ2v) is 11.3. The minimum atomic E-state index is -0.458. The third kappa shape index (κ3) is 8.92. The van der Waals surface area contributed by atoms with E-state index in [0.717, 1.165) is 9.77 Å². The summed E-state index contributed by atoms with van der Waals surface area (Å²) < 4.78 is 0. The molecule has 208 valence electrons. The van der Waals surface area contributed by atoms with Crippen molar-refractivity contribution in [2.45, 2.75) is 24.0 Å². The maximum Gasteiger partial charge on any atom is 0.272 e. The summed E-state index contributed by atoms with van der Waals surface area (Å²) in [4.78, 5) is 51.4. The van der Waals surface area contributed by atoms with Crippen LogP contribution in [0.4, 0.5) is 17.1 Å². The maximum atomic E-state index is 13.1. The Kier molecular flexibility index (Phi) is 10.1. The van der Waals surface area contributed by atoms with Crippen LogP contribution in [0, 0.1) is 0 Å². The summed E-state index contributed by atoms with van der Waals surface area (Å²) in [6.45, 7) is 3.24. The minimum Gasteiger partial charge on any atom is -0.326 e. The van der Waals surface area contributed by atoms with Crippen LogP contribution in [0.3, 0.4) is 0 Å². The van der Waals surface area contributed by atoms with Crippen LogP contribution in [0.2, 0.25) is 0 Å². The Labute approximate surface area is 246 Å². The van der Waals surface area contributed by atoms with E-state index >= 15 is 0 Å². The van der Waals surface area contributed by atoms with Crippen molar-refractivity contribution in [1.29, 1.82) is 0 Å². The van der Waals surface area contributed by atoms with E-state index in [1.807, 2.05) is 35.7 Å². The molecule has 0 spiro atoms. The number of amides is 4. The van der Waals surface area contributed by atoms with Gasteiger partial charge >= 0.3 is 0 Å². The van der Waals surface area contributed by atoms with Gasteiger partial charge in [0.25, 0.3) is 11.8 Å². The number of hydrogen-bond acceptors (Lipinski definition) is 6. The van der Waals surface area contributed by atoms with Crippen molar-refractivity contribution in [3.8, 4) is 0 Å². The molecule has 1 atom stereocenters.